The Kier molecular flexibility index (Phi) is 9.57. The molecule has 5 N–H and O–H groups in total. The van der Waals surface area contributed by atoms with Gasteiger partial charge in [0.1, 0.15) is 11.9 Å². The molecule has 1 aliphatic rings. The van der Waals surface area contributed by atoms with Crippen LogP contribution in [0.25, 0.3) is 0 Å². The monoisotopic (exact) mass is 480 g/mol. The van der Waals surface area contributed by atoms with Gasteiger partial charge in [0.25, 0.3) is 0 Å². The number of carbonyl (C=O) groups is 1. The highest BCUT2D eigenvalue weighted by Gasteiger charge is 2.23. The van der Waals surface area contributed by atoms with Crippen LogP contribution in [0.3, 0.4) is 0 Å². The number of nitrogens with two attached hydrogens (primary N) is 2. The molecule has 1 aliphatic heterocycles. The van der Waals surface area contributed by atoms with Crippen molar-refractivity contribution < 1.29 is 14.6 Å². The van der Waals surface area contributed by atoms with Crippen molar-refractivity contribution in [1.29, 1.82) is 0 Å². The number of aliphatic carboxylic acids is 1. The Morgan fingerprint density at radius 1 is 1.29 bits per heavy atom. The molecule has 3 rings (SSSR count). The van der Waals surface area contributed by atoms with Crippen molar-refractivity contribution in [2.24, 2.45) is 11.6 Å². The van der Waals surface area contributed by atoms with E-state index in [4.69, 9.17) is 16.3 Å². The molecule has 0 aliphatic carbocycles. The number of carboxylic acids is 1. The molecule has 0 saturated heterocycles. The van der Waals surface area contributed by atoms with Crippen LogP contribution in [-0.2, 0) is 17.9 Å². The van der Waals surface area contributed by atoms with Gasteiger partial charge in [0.05, 0.1) is 6.42 Å². The minimum atomic E-state index is -0.805. The standard InChI is InChI=1S/C28H40N4O3/c1-4-26-19-31(16-23-8-6-7-9-27(23)35-26)17-24-14-21(11-10-20(24)3)22(15-28(33)34)12-13-25(29)18-32(30)5-2/h6-11,14,18,22,26H,4-5,12-13,15-17,19,29-30H2,1-3H3,(H,33,34)/b25-18-. The van der Waals surface area contributed by atoms with Crippen molar-refractivity contribution in [1.82, 2.24) is 9.91 Å². The van der Waals surface area contributed by atoms with Gasteiger partial charge in [-0.15, -0.1) is 0 Å². The van der Waals surface area contributed by atoms with Crippen LogP contribution in [0.1, 0.15) is 67.7 Å². The van der Waals surface area contributed by atoms with Gasteiger partial charge in [-0.25, -0.2) is 5.84 Å². The van der Waals surface area contributed by atoms with Gasteiger partial charge in [-0.2, -0.15) is 0 Å². The maximum Gasteiger partial charge on any atom is 0.303 e. The molecule has 7 heteroatoms. The molecule has 2 unspecified atom stereocenters. The Labute approximate surface area is 209 Å². The summed E-state index contributed by atoms with van der Waals surface area (Å²) < 4.78 is 6.26. The van der Waals surface area contributed by atoms with Gasteiger partial charge >= 0.3 is 5.97 Å². The van der Waals surface area contributed by atoms with Gasteiger partial charge in [0.15, 0.2) is 0 Å². The van der Waals surface area contributed by atoms with Crippen LogP contribution in [0.4, 0.5) is 0 Å². The molecule has 7 nitrogen and oxygen atoms in total. The SMILES string of the molecule is CCC1CN(Cc2cc(C(CC/C(N)=C/N(N)CC)CC(=O)O)ccc2C)Cc2ccccc2O1. The smallest absolute Gasteiger partial charge is 0.303 e. The van der Waals surface area contributed by atoms with Crippen LogP contribution in [0.15, 0.2) is 54.4 Å². The van der Waals surface area contributed by atoms with Crippen molar-refractivity contribution >= 4 is 5.97 Å². The molecule has 0 aromatic heterocycles. The third kappa shape index (κ3) is 7.73. The molecular formula is C28H40N4O3. The molecule has 0 spiro atoms. The zero-order valence-electron chi connectivity index (χ0n) is 21.2. The van der Waals surface area contributed by atoms with Crippen LogP contribution in [0.2, 0.25) is 0 Å². The number of allylic oxidation sites excluding steroid dienone is 1. The lowest BCUT2D eigenvalue weighted by Gasteiger charge is -2.25. The van der Waals surface area contributed by atoms with E-state index in [1.54, 1.807) is 6.20 Å². The van der Waals surface area contributed by atoms with Gasteiger partial charge in [-0.05, 0) is 61.8 Å². The average Bonchev–Trinajstić information content (AvgIpc) is 3.01. The van der Waals surface area contributed by atoms with Crippen molar-refractivity contribution in [3.8, 4) is 5.75 Å². The first-order valence-electron chi connectivity index (χ1n) is 12.5. The predicted octanol–water partition coefficient (Wildman–Crippen LogP) is 4.50. The summed E-state index contributed by atoms with van der Waals surface area (Å²) in [4.78, 5) is 14.1. The Morgan fingerprint density at radius 3 is 2.77 bits per heavy atom. The number of ether oxygens (including phenoxy) is 1. The number of carboxylic acid groups (broad SMARTS) is 1. The van der Waals surface area contributed by atoms with Gasteiger partial charge in [0, 0.05) is 43.6 Å². The molecule has 2 atom stereocenters. The normalized spacial score (nSPS) is 17.3. The van der Waals surface area contributed by atoms with Crippen molar-refractivity contribution in [2.45, 2.75) is 71.6 Å². The third-order valence-corrected chi connectivity index (χ3v) is 6.72. The molecule has 2 aromatic carbocycles. The first-order valence-corrected chi connectivity index (χ1v) is 12.5. The van der Waals surface area contributed by atoms with Crippen LogP contribution in [0, 0.1) is 6.92 Å². The number of benzene rings is 2. The second-order valence-corrected chi connectivity index (χ2v) is 9.48. The summed E-state index contributed by atoms with van der Waals surface area (Å²) >= 11 is 0. The van der Waals surface area contributed by atoms with E-state index in [0.29, 0.717) is 25.1 Å². The maximum atomic E-state index is 11.6. The Bertz CT molecular complexity index is 1020. The molecule has 2 aromatic rings. The lowest BCUT2D eigenvalue weighted by molar-refractivity contribution is -0.137. The molecule has 0 bridgehead atoms. The summed E-state index contributed by atoms with van der Waals surface area (Å²) in [5.74, 6) is 5.87. The minimum Gasteiger partial charge on any atom is -0.489 e. The van der Waals surface area contributed by atoms with Gasteiger partial charge in [-0.1, -0.05) is 43.3 Å². The molecule has 0 fully saturated rings. The van der Waals surface area contributed by atoms with Crippen LogP contribution in [0.5, 0.6) is 5.75 Å². The van der Waals surface area contributed by atoms with Crippen LogP contribution < -0.4 is 16.3 Å². The van der Waals surface area contributed by atoms with E-state index in [1.807, 2.05) is 13.0 Å². The first-order chi connectivity index (χ1) is 16.8. The summed E-state index contributed by atoms with van der Waals surface area (Å²) in [6, 6.07) is 14.6. The Balaban J connectivity index is 1.80. The fourth-order valence-electron chi connectivity index (χ4n) is 4.56. The Morgan fingerprint density at radius 2 is 2.06 bits per heavy atom. The molecule has 1 heterocycles. The maximum absolute atomic E-state index is 11.6. The highest BCUT2D eigenvalue weighted by Crippen LogP contribution is 2.30. The predicted molar refractivity (Wildman–Crippen MR) is 140 cm³/mol. The van der Waals surface area contributed by atoms with E-state index in [9.17, 15) is 9.90 Å². The fraction of sp³-hybridized carbons (Fsp3) is 0.464. The fourth-order valence-corrected chi connectivity index (χ4v) is 4.56. The number of hydrogen-bond donors (Lipinski definition) is 3. The minimum absolute atomic E-state index is 0.0682. The van der Waals surface area contributed by atoms with Crippen LogP contribution in [-0.4, -0.2) is 40.2 Å². The molecule has 0 radical (unpaired) electrons. The number of para-hydroxylation sites is 1. The van der Waals surface area contributed by atoms with E-state index in [2.05, 4.69) is 55.1 Å². The topological polar surface area (TPSA) is 105 Å². The van der Waals surface area contributed by atoms with Crippen LogP contribution >= 0.6 is 0 Å². The van der Waals surface area contributed by atoms with Gasteiger partial charge in [-0.3, -0.25) is 9.69 Å². The number of rotatable bonds is 11. The van der Waals surface area contributed by atoms with E-state index < -0.39 is 5.97 Å². The lowest BCUT2D eigenvalue weighted by Crippen LogP contribution is -2.32. The number of hydrogen-bond acceptors (Lipinski definition) is 6. The van der Waals surface area contributed by atoms with Crippen molar-refractivity contribution in [3.05, 3.63) is 76.6 Å². The molecule has 35 heavy (non-hydrogen) atoms. The first kappa shape index (κ1) is 26.6. The number of nitrogens with zero attached hydrogens (tertiary/aromatic N) is 2. The Hall–Kier alpha value is -3.03. The summed E-state index contributed by atoms with van der Waals surface area (Å²) in [6.45, 7) is 9.34. The highest BCUT2D eigenvalue weighted by molar-refractivity contribution is 5.68. The quantitative estimate of drug-likeness (QED) is 0.321. The van der Waals surface area contributed by atoms with E-state index in [1.165, 1.54) is 21.7 Å². The van der Waals surface area contributed by atoms with Gasteiger partial charge < -0.3 is 20.6 Å². The molecule has 190 valence electrons. The molecule has 0 amide bonds. The molecule has 0 saturated carbocycles. The largest absolute Gasteiger partial charge is 0.489 e. The number of aryl methyl sites for hydroxylation is 1. The third-order valence-electron chi connectivity index (χ3n) is 6.72. The lowest BCUT2D eigenvalue weighted by atomic mass is 9.88. The second kappa shape index (κ2) is 12.6. The summed E-state index contributed by atoms with van der Waals surface area (Å²) in [5, 5.41) is 11.1. The van der Waals surface area contributed by atoms with E-state index in [0.717, 1.165) is 37.4 Å². The van der Waals surface area contributed by atoms with E-state index >= 15 is 0 Å². The number of fused-ring (bicyclic) bond motifs is 1. The average molecular weight is 481 g/mol. The highest BCUT2D eigenvalue weighted by atomic mass is 16.5. The zero-order chi connectivity index (χ0) is 25.4. The van der Waals surface area contributed by atoms with Gasteiger partial charge in [0.2, 0.25) is 0 Å². The number of hydrazine groups is 1. The van der Waals surface area contributed by atoms with E-state index in [-0.39, 0.29) is 18.4 Å². The summed E-state index contributed by atoms with van der Waals surface area (Å²) in [7, 11) is 0. The second-order valence-electron chi connectivity index (χ2n) is 9.48. The summed E-state index contributed by atoms with van der Waals surface area (Å²) in [6.07, 6.45) is 4.12. The van der Waals surface area contributed by atoms with Crippen molar-refractivity contribution in [2.75, 3.05) is 13.1 Å². The zero-order valence-corrected chi connectivity index (χ0v) is 21.2. The van der Waals surface area contributed by atoms with Crippen molar-refractivity contribution in [3.63, 3.8) is 0 Å². The summed E-state index contributed by atoms with van der Waals surface area (Å²) in [5.41, 5.74) is 11.5. The molecular weight excluding hydrogens is 440 g/mol.